The zero-order valence-electron chi connectivity index (χ0n) is 23.8. The van der Waals surface area contributed by atoms with E-state index in [0.29, 0.717) is 50.8 Å². The summed E-state index contributed by atoms with van der Waals surface area (Å²) in [6.07, 6.45) is 13.6. The van der Waals surface area contributed by atoms with Crippen LogP contribution in [0.2, 0.25) is 0 Å². The molecule has 8 heteroatoms. The number of aliphatic hydroxyl groups excluding tert-OH is 2. The molecule has 0 aliphatic rings. The Hall–Kier alpha value is -2.00. The summed E-state index contributed by atoms with van der Waals surface area (Å²) in [5.74, 6) is -0.888. The third-order valence-electron chi connectivity index (χ3n) is 5.67. The average molecular weight is 541 g/mol. The van der Waals surface area contributed by atoms with E-state index in [0.717, 1.165) is 25.7 Å². The fourth-order valence-electron chi connectivity index (χ4n) is 3.54. The van der Waals surface area contributed by atoms with E-state index in [4.69, 9.17) is 29.2 Å². The number of esters is 2. The Kier molecular flexibility index (Phi) is 26.5. The van der Waals surface area contributed by atoms with Gasteiger partial charge in [-0.05, 0) is 25.0 Å². The predicted octanol–water partition coefficient (Wildman–Crippen LogP) is 5.73. The van der Waals surface area contributed by atoms with Crippen LogP contribution in [0, 0.1) is 0 Å². The first kappa shape index (κ1) is 36.0. The maximum Gasteiger partial charge on any atom is 0.339 e. The lowest BCUT2D eigenvalue weighted by Crippen LogP contribution is -2.15. The van der Waals surface area contributed by atoms with Crippen LogP contribution in [0.25, 0.3) is 0 Å². The van der Waals surface area contributed by atoms with E-state index in [1.165, 1.54) is 51.4 Å². The van der Waals surface area contributed by atoms with Gasteiger partial charge in [0.05, 0.1) is 64.0 Å². The molecule has 1 rings (SSSR count). The third-order valence-corrected chi connectivity index (χ3v) is 5.67. The smallest absolute Gasteiger partial charge is 0.339 e. The van der Waals surface area contributed by atoms with Gasteiger partial charge in [0.2, 0.25) is 0 Å². The Morgan fingerprint density at radius 1 is 0.553 bits per heavy atom. The fourth-order valence-corrected chi connectivity index (χ4v) is 3.54. The number of ether oxygens (including phenoxy) is 4. The molecule has 0 bridgehead atoms. The molecule has 8 nitrogen and oxygen atoms in total. The zero-order valence-corrected chi connectivity index (χ0v) is 23.8. The summed E-state index contributed by atoms with van der Waals surface area (Å²) in [7, 11) is 0. The molecule has 2 N–H and O–H groups in total. The Labute approximate surface area is 230 Å². The quantitative estimate of drug-likeness (QED) is 0.134. The molecule has 220 valence electrons. The van der Waals surface area contributed by atoms with Crippen molar-refractivity contribution in [1.82, 2.24) is 0 Å². The van der Waals surface area contributed by atoms with Gasteiger partial charge >= 0.3 is 11.9 Å². The number of aliphatic hydroxyl groups is 2. The number of rotatable bonds is 23. The first-order valence-electron chi connectivity index (χ1n) is 14.4. The topological polar surface area (TPSA) is 112 Å². The number of carbonyl (C=O) groups is 2. The summed E-state index contributed by atoms with van der Waals surface area (Å²) in [6.45, 7) is 6.90. The Bertz CT molecular complexity index is 623. The maximum atomic E-state index is 12.4. The van der Waals surface area contributed by atoms with Crippen LogP contribution in [0.3, 0.4) is 0 Å². The minimum absolute atomic E-state index is 0.0417. The average Bonchev–Trinajstić information content (AvgIpc) is 2.94. The van der Waals surface area contributed by atoms with Gasteiger partial charge in [0, 0.05) is 0 Å². The van der Waals surface area contributed by atoms with Gasteiger partial charge < -0.3 is 29.2 Å². The highest BCUT2D eigenvalue weighted by Gasteiger charge is 2.18. The molecular weight excluding hydrogens is 488 g/mol. The third kappa shape index (κ3) is 21.0. The molecule has 0 heterocycles. The van der Waals surface area contributed by atoms with E-state index in [9.17, 15) is 9.59 Å². The molecule has 1 aromatic carbocycles. The van der Waals surface area contributed by atoms with Crippen molar-refractivity contribution in [3.63, 3.8) is 0 Å². The van der Waals surface area contributed by atoms with Crippen LogP contribution < -0.4 is 0 Å². The molecule has 0 saturated carbocycles. The summed E-state index contributed by atoms with van der Waals surface area (Å²) in [5, 5.41) is 16.5. The molecule has 0 radical (unpaired) electrons. The Morgan fingerprint density at radius 2 is 0.921 bits per heavy atom. The minimum Gasteiger partial charge on any atom is -0.462 e. The molecule has 0 spiro atoms. The van der Waals surface area contributed by atoms with Crippen LogP contribution in [0.1, 0.15) is 112 Å². The SMILES string of the molecule is CCCCCCCCOC(=O)c1ccccc1C(=O)OCCCCCCCC.OCCOCCOCCO. The van der Waals surface area contributed by atoms with Gasteiger partial charge in [-0.15, -0.1) is 0 Å². The van der Waals surface area contributed by atoms with Crippen LogP contribution >= 0.6 is 0 Å². The van der Waals surface area contributed by atoms with Gasteiger partial charge in [-0.2, -0.15) is 0 Å². The summed E-state index contributed by atoms with van der Waals surface area (Å²) in [4.78, 5) is 24.7. The van der Waals surface area contributed by atoms with Crippen LogP contribution in [-0.4, -0.2) is 75.0 Å². The minimum atomic E-state index is -0.444. The molecule has 38 heavy (non-hydrogen) atoms. The molecule has 0 fully saturated rings. The van der Waals surface area contributed by atoms with Crippen molar-refractivity contribution in [2.24, 2.45) is 0 Å². The summed E-state index contributed by atoms with van der Waals surface area (Å²) < 4.78 is 20.5. The summed E-state index contributed by atoms with van der Waals surface area (Å²) in [6, 6.07) is 6.74. The van der Waals surface area contributed by atoms with E-state index in [1.54, 1.807) is 24.3 Å². The second kappa shape index (κ2) is 28.0. The van der Waals surface area contributed by atoms with Crippen molar-refractivity contribution in [1.29, 1.82) is 0 Å². The lowest BCUT2D eigenvalue weighted by atomic mass is 10.1. The number of carbonyl (C=O) groups excluding carboxylic acids is 2. The maximum absolute atomic E-state index is 12.4. The predicted molar refractivity (Wildman–Crippen MR) is 150 cm³/mol. The standard InChI is InChI=1S/C24H38O4.C6H14O4/c1-3-5-7-9-11-15-19-27-23(25)21-17-13-14-18-22(21)24(26)28-20-16-12-10-8-6-4-2;7-1-3-9-5-6-10-4-2-8/h13-14,17-18H,3-12,15-16,19-20H2,1-2H3;7-8H,1-6H2. The largest absolute Gasteiger partial charge is 0.462 e. The molecule has 0 amide bonds. The van der Waals surface area contributed by atoms with E-state index >= 15 is 0 Å². The second-order valence-corrected chi connectivity index (χ2v) is 9.02. The lowest BCUT2D eigenvalue weighted by Gasteiger charge is -2.10. The van der Waals surface area contributed by atoms with E-state index in [-0.39, 0.29) is 13.2 Å². The second-order valence-electron chi connectivity index (χ2n) is 9.02. The van der Waals surface area contributed by atoms with Crippen molar-refractivity contribution < 1.29 is 38.7 Å². The van der Waals surface area contributed by atoms with Crippen molar-refractivity contribution in [2.75, 3.05) is 52.9 Å². The highest BCUT2D eigenvalue weighted by atomic mass is 16.5. The molecule has 0 aliphatic carbocycles. The zero-order chi connectivity index (χ0) is 28.1. The normalized spacial score (nSPS) is 10.5. The molecule has 0 aromatic heterocycles. The van der Waals surface area contributed by atoms with E-state index in [1.807, 2.05) is 0 Å². The van der Waals surface area contributed by atoms with Crippen LogP contribution in [0.15, 0.2) is 24.3 Å². The van der Waals surface area contributed by atoms with Crippen molar-refractivity contribution >= 4 is 11.9 Å². The molecular formula is C30H52O8. The van der Waals surface area contributed by atoms with Gasteiger partial charge in [-0.1, -0.05) is 90.2 Å². The van der Waals surface area contributed by atoms with E-state index < -0.39 is 11.9 Å². The highest BCUT2D eigenvalue weighted by molar-refractivity contribution is 6.03. The first-order chi connectivity index (χ1) is 18.6. The molecule has 0 unspecified atom stereocenters. The fraction of sp³-hybridized carbons (Fsp3) is 0.733. The molecule has 0 saturated heterocycles. The Morgan fingerprint density at radius 3 is 1.29 bits per heavy atom. The molecule has 0 atom stereocenters. The summed E-state index contributed by atoms with van der Waals surface area (Å²) in [5.41, 5.74) is 0.586. The van der Waals surface area contributed by atoms with Crippen LogP contribution in [0.5, 0.6) is 0 Å². The highest BCUT2D eigenvalue weighted by Crippen LogP contribution is 2.14. The Balaban J connectivity index is 0.00000115. The van der Waals surface area contributed by atoms with Crippen molar-refractivity contribution in [3.8, 4) is 0 Å². The number of hydrogen-bond donors (Lipinski definition) is 2. The van der Waals surface area contributed by atoms with Gasteiger partial charge in [0.1, 0.15) is 0 Å². The lowest BCUT2D eigenvalue weighted by molar-refractivity contribution is 0.0222. The molecule has 0 aliphatic heterocycles. The number of unbranched alkanes of at least 4 members (excludes halogenated alkanes) is 10. The number of hydrogen-bond acceptors (Lipinski definition) is 8. The van der Waals surface area contributed by atoms with Crippen LogP contribution in [-0.2, 0) is 18.9 Å². The van der Waals surface area contributed by atoms with Gasteiger partial charge in [-0.3, -0.25) is 0 Å². The van der Waals surface area contributed by atoms with Crippen molar-refractivity contribution in [2.45, 2.75) is 90.9 Å². The first-order valence-corrected chi connectivity index (χ1v) is 14.4. The number of benzene rings is 1. The molecule has 1 aromatic rings. The van der Waals surface area contributed by atoms with Gasteiger partial charge in [0.15, 0.2) is 0 Å². The monoisotopic (exact) mass is 540 g/mol. The summed E-state index contributed by atoms with van der Waals surface area (Å²) >= 11 is 0. The van der Waals surface area contributed by atoms with Crippen LogP contribution in [0.4, 0.5) is 0 Å². The van der Waals surface area contributed by atoms with Crippen molar-refractivity contribution in [3.05, 3.63) is 35.4 Å². The van der Waals surface area contributed by atoms with E-state index in [2.05, 4.69) is 13.8 Å². The van der Waals surface area contributed by atoms with Gasteiger partial charge in [0.25, 0.3) is 0 Å². The van der Waals surface area contributed by atoms with Gasteiger partial charge in [-0.25, -0.2) is 9.59 Å².